The molecule has 0 bridgehead atoms. The summed E-state index contributed by atoms with van der Waals surface area (Å²) in [5, 5.41) is 0. The Kier molecular flexibility index (Phi) is 15.0. The van der Waals surface area contributed by atoms with Crippen LogP contribution in [0.15, 0.2) is 36.4 Å². The van der Waals surface area contributed by atoms with Gasteiger partial charge in [-0.25, -0.2) is 0 Å². The Hall–Kier alpha value is -2.60. The average molecular weight is 541 g/mol. The molecule has 0 atom stereocenters. The smallest absolute Gasteiger partial charge is 0.165 e. The second kappa shape index (κ2) is 17.1. The molecule has 0 aliphatic rings. The van der Waals surface area contributed by atoms with Crippen molar-refractivity contribution in [3.63, 3.8) is 0 Å². The highest BCUT2D eigenvalue weighted by molar-refractivity contribution is 5.43. The first-order valence-corrected chi connectivity index (χ1v) is 12.0. The number of rotatable bonds is 16. The van der Waals surface area contributed by atoms with Crippen molar-refractivity contribution >= 4 is 0 Å². The van der Waals surface area contributed by atoms with Gasteiger partial charge in [0.25, 0.3) is 0 Å². The molecule has 10 nitrogen and oxygen atoms in total. The van der Waals surface area contributed by atoms with E-state index in [4.69, 9.17) is 47.4 Å². The number of hydrogen-bond donors (Lipinski definition) is 0. The van der Waals surface area contributed by atoms with Gasteiger partial charge in [0.2, 0.25) is 0 Å². The molecule has 0 saturated carbocycles. The van der Waals surface area contributed by atoms with Crippen LogP contribution in [0.5, 0.6) is 23.0 Å². The summed E-state index contributed by atoms with van der Waals surface area (Å²) in [4.78, 5) is 0. The molecule has 0 saturated heterocycles. The minimum Gasteiger partial charge on any atom is -0.493 e. The maximum Gasteiger partial charge on any atom is 0.165 e. The van der Waals surface area contributed by atoms with E-state index in [1.54, 1.807) is 42.7 Å². The molecule has 10 heteroatoms. The fraction of sp³-hybridized carbons (Fsp3) is 0.571. The van der Waals surface area contributed by atoms with E-state index in [0.717, 1.165) is 11.1 Å². The summed E-state index contributed by atoms with van der Waals surface area (Å²) in [6, 6.07) is 11.2. The van der Waals surface area contributed by atoms with Crippen LogP contribution in [0.2, 0.25) is 0 Å². The van der Waals surface area contributed by atoms with E-state index in [1.165, 1.54) is 0 Å². The molecule has 0 amide bonds. The van der Waals surface area contributed by atoms with Crippen molar-refractivity contribution in [2.75, 3.05) is 56.2 Å². The van der Waals surface area contributed by atoms with E-state index in [1.807, 2.05) is 64.1 Å². The fourth-order valence-corrected chi connectivity index (χ4v) is 3.09. The first-order chi connectivity index (χ1) is 18.0. The van der Waals surface area contributed by atoms with Crippen molar-refractivity contribution in [1.29, 1.82) is 0 Å². The number of ether oxygens (including phenoxy) is 10. The molecule has 0 fully saturated rings. The van der Waals surface area contributed by atoms with Crippen molar-refractivity contribution in [2.24, 2.45) is 0 Å². The SMILES string of the molecule is COC(C)(C)OC(C)(C)OC.COc1ccc(COCOCOCc2ccc(OC)c(OC)c2)cc1OC. The number of methoxy groups -OCH3 is 6. The van der Waals surface area contributed by atoms with Gasteiger partial charge >= 0.3 is 0 Å². The lowest BCUT2D eigenvalue weighted by Gasteiger charge is -2.33. The fourth-order valence-electron chi connectivity index (χ4n) is 3.09. The van der Waals surface area contributed by atoms with E-state index in [9.17, 15) is 0 Å². The van der Waals surface area contributed by atoms with Gasteiger partial charge in [-0.1, -0.05) is 12.1 Å². The van der Waals surface area contributed by atoms with Crippen LogP contribution in [-0.2, 0) is 41.6 Å². The van der Waals surface area contributed by atoms with Crippen LogP contribution in [0, 0.1) is 0 Å². The quantitative estimate of drug-likeness (QED) is 0.210. The van der Waals surface area contributed by atoms with Gasteiger partial charge in [-0.15, -0.1) is 0 Å². The molecule has 2 rings (SSSR count). The normalized spacial score (nSPS) is 11.4. The van der Waals surface area contributed by atoms with Crippen molar-refractivity contribution in [1.82, 2.24) is 0 Å². The van der Waals surface area contributed by atoms with Gasteiger partial charge in [-0.3, -0.25) is 0 Å². The molecule has 0 aromatic heterocycles. The van der Waals surface area contributed by atoms with E-state index < -0.39 is 11.6 Å². The molecule has 0 N–H and O–H groups in total. The van der Waals surface area contributed by atoms with E-state index in [-0.39, 0.29) is 13.6 Å². The van der Waals surface area contributed by atoms with Crippen LogP contribution in [-0.4, -0.2) is 67.8 Å². The number of hydrogen-bond acceptors (Lipinski definition) is 10. The Morgan fingerprint density at radius 1 is 0.500 bits per heavy atom. The summed E-state index contributed by atoms with van der Waals surface area (Å²) in [6.45, 7) is 8.41. The maximum absolute atomic E-state index is 5.48. The second-order valence-corrected chi connectivity index (χ2v) is 8.83. The molecule has 2 aromatic carbocycles. The third kappa shape index (κ3) is 12.3. The van der Waals surface area contributed by atoms with Gasteiger partial charge < -0.3 is 47.4 Å². The topological polar surface area (TPSA) is 92.3 Å². The van der Waals surface area contributed by atoms with Crippen molar-refractivity contribution in [2.45, 2.75) is 52.5 Å². The predicted molar refractivity (Wildman–Crippen MR) is 143 cm³/mol. The van der Waals surface area contributed by atoms with Crippen molar-refractivity contribution in [3.8, 4) is 23.0 Å². The van der Waals surface area contributed by atoms with Crippen LogP contribution < -0.4 is 18.9 Å². The van der Waals surface area contributed by atoms with Crippen LogP contribution in [0.3, 0.4) is 0 Å². The molecule has 0 spiro atoms. The first-order valence-electron chi connectivity index (χ1n) is 12.0. The zero-order valence-corrected chi connectivity index (χ0v) is 24.4. The first kappa shape index (κ1) is 33.4. The minimum absolute atomic E-state index is 0.125. The molecule has 2 aromatic rings. The lowest BCUT2D eigenvalue weighted by atomic mass is 10.2. The molecule has 0 heterocycles. The van der Waals surface area contributed by atoms with Gasteiger partial charge in [0.15, 0.2) is 34.6 Å². The lowest BCUT2D eigenvalue weighted by molar-refractivity contribution is -0.321. The van der Waals surface area contributed by atoms with E-state index in [2.05, 4.69) is 0 Å². The molecule has 216 valence electrons. The molecule has 0 aliphatic heterocycles. The highest BCUT2D eigenvalue weighted by atomic mass is 16.8. The summed E-state index contributed by atoms with van der Waals surface area (Å²) in [6.07, 6.45) is 0. The van der Waals surface area contributed by atoms with E-state index in [0.29, 0.717) is 36.2 Å². The summed E-state index contributed by atoms with van der Waals surface area (Å²) in [5.41, 5.74) is 1.92. The highest BCUT2D eigenvalue weighted by Gasteiger charge is 2.28. The summed E-state index contributed by atoms with van der Waals surface area (Å²) in [7, 11) is 9.61. The second-order valence-electron chi connectivity index (χ2n) is 8.83. The van der Waals surface area contributed by atoms with Gasteiger partial charge in [-0.2, -0.15) is 0 Å². The van der Waals surface area contributed by atoms with Crippen LogP contribution in [0.25, 0.3) is 0 Å². The third-order valence-corrected chi connectivity index (χ3v) is 5.24. The van der Waals surface area contributed by atoms with Crippen molar-refractivity contribution in [3.05, 3.63) is 47.5 Å². The summed E-state index contributed by atoms with van der Waals surface area (Å²) < 4.78 is 52.8. The van der Waals surface area contributed by atoms with Gasteiger partial charge in [0.1, 0.15) is 13.6 Å². The molecular formula is C28H44O10. The largest absolute Gasteiger partial charge is 0.493 e. The summed E-state index contributed by atoms with van der Waals surface area (Å²) >= 11 is 0. The standard InChI is InChI=1S/C20H26O7.C8H18O3/c1-21-17-7-5-15(9-19(17)23-3)11-25-13-27-14-26-12-16-6-8-18(22-2)20(10-16)24-4;1-7(2,9-5)11-8(3,4)10-6/h5-10H,11-14H2,1-4H3;1-6H3. The zero-order valence-electron chi connectivity index (χ0n) is 24.4. The predicted octanol–water partition coefficient (Wildman–Crippen LogP) is 5.15. The van der Waals surface area contributed by atoms with Gasteiger partial charge in [-0.05, 0) is 63.1 Å². The Morgan fingerprint density at radius 2 is 0.868 bits per heavy atom. The van der Waals surface area contributed by atoms with Gasteiger partial charge in [0.05, 0.1) is 41.7 Å². The molecule has 0 unspecified atom stereocenters. The van der Waals surface area contributed by atoms with Crippen LogP contribution in [0.1, 0.15) is 38.8 Å². The van der Waals surface area contributed by atoms with Gasteiger partial charge in [0, 0.05) is 14.2 Å². The average Bonchev–Trinajstić information content (AvgIpc) is 2.92. The summed E-state index contributed by atoms with van der Waals surface area (Å²) in [5.74, 6) is 1.50. The third-order valence-electron chi connectivity index (χ3n) is 5.24. The highest BCUT2D eigenvalue weighted by Crippen LogP contribution is 2.28. The van der Waals surface area contributed by atoms with Crippen LogP contribution >= 0.6 is 0 Å². The Morgan fingerprint density at radius 3 is 1.18 bits per heavy atom. The molecule has 0 aliphatic carbocycles. The monoisotopic (exact) mass is 540 g/mol. The van der Waals surface area contributed by atoms with Crippen molar-refractivity contribution < 1.29 is 47.4 Å². The number of benzene rings is 2. The Labute approximate surface area is 226 Å². The zero-order chi connectivity index (χ0) is 28.6. The molecular weight excluding hydrogens is 496 g/mol. The Balaban J connectivity index is 0.000000554. The molecule has 0 radical (unpaired) electrons. The lowest BCUT2D eigenvalue weighted by Crippen LogP contribution is -2.39. The molecule has 38 heavy (non-hydrogen) atoms. The van der Waals surface area contributed by atoms with Crippen LogP contribution in [0.4, 0.5) is 0 Å². The maximum atomic E-state index is 5.48. The minimum atomic E-state index is -0.598. The van der Waals surface area contributed by atoms with E-state index >= 15 is 0 Å². The Bertz CT molecular complexity index is 856.